The van der Waals surface area contributed by atoms with Crippen LogP contribution < -0.4 is 5.32 Å². The second kappa shape index (κ2) is 8.24. The Bertz CT molecular complexity index is 417. The summed E-state index contributed by atoms with van der Waals surface area (Å²) in [7, 11) is 0. The Morgan fingerprint density at radius 2 is 1.95 bits per heavy atom. The molecule has 4 nitrogen and oxygen atoms in total. The Morgan fingerprint density at radius 1 is 1.26 bits per heavy atom. The topological polar surface area (TPSA) is 55.4 Å². The number of nitrogens with one attached hydrogen (secondary N) is 1. The fraction of sp³-hybridized carbons (Fsp3) is 0.429. The molecule has 5 heteroatoms. The second-order valence-electron chi connectivity index (χ2n) is 4.09. The molecular weight excluding hydrogens is 249 g/mol. The molecule has 0 aliphatic rings. The van der Waals surface area contributed by atoms with E-state index in [1.165, 1.54) is 24.3 Å². The smallest absolute Gasteiger partial charge is 0.307 e. The number of halogens is 1. The number of rotatable bonds is 7. The van der Waals surface area contributed by atoms with Gasteiger partial charge in [-0.05, 0) is 30.7 Å². The average Bonchev–Trinajstić information content (AvgIpc) is 2.39. The van der Waals surface area contributed by atoms with Crippen molar-refractivity contribution in [3.05, 3.63) is 35.6 Å². The zero-order valence-corrected chi connectivity index (χ0v) is 10.9. The third-order valence-corrected chi connectivity index (χ3v) is 2.48. The summed E-state index contributed by atoms with van der Waals surface area (Å²) in [6.45, 7) is 2.64. The third-order valence-electron chi connectivity index (χ3n) is 2.48. The Morgan fingerprint density at radius 3 is 2.58 bits per heavy atom. The molecule has 0 spiro atoms. The summed E-state index contributed by atoms with van der Waals surface area (Å²) in [4.78, 5) is 22.9. The molecule has 0 radical (unpaired) electrons. The van der Waals surface area contributed by atoms with Crippen LogP contribution in [0.15, 0.2) is 24.3 Å². The van der Waals surface area contributed by atoms with Crippen molar-refractivity contribution in [2.24, 2.45) is 0 Å². The predicted octanol–water partition coefficient (Wildman–Crippen LogP) is 2.29. The van der Waals surface area contributed by atoms with E-state index in [0.29, 0.717) is 12.2 Å². The largest absolute Gasteiger partial charge is 0.466 e. The molecule has 0 unspecified atom stereocenters. The first-order valence-corrected chi connectivity index (χ1v) is 6.33. The molecule has 104 valence electrons. The number of hydrogen-bond donors (Lipinski definition) is 1. The van der Waals surface area contributed by atoms with E-state index in [-0.39, 0.29) is 24.8 Å². The van der Waals surface area contributed by atoms with Crippen molar-refractivity contribution in [1.29, 1.82) is 0 Å². The van der Waals surface area contributed by atoms with Crippen molar-refractivity contribution in [2.45, 2.75) is 26.2 Å². The van der Waals surface area contributed by atoms with Crippen molar-refractivity contribution < 1.29 is 18.7 Å². The Kier molecular flexibility index (Phi) is 6.57. The lowest BCUT2D eigenvalue weighted by atomic mass is 10.2. The number of esters is 1. The molecule has 1 amide bonds. The van der Waals surface area contributed by atoms with Gasteiger partial charge in [0.2, 0.25) is 0 Å². The number of carbonyl (C=O) groups is 2. The van der Waals surface area contributed by atoms with Gasteiger partial charge >= 0.3 is 5.97 Å². The van der Waals surface area contributed by atoms with E-state index in [9.17, 15) is 14.0 Å². The summed E-state index contributed by atoms with van der Waals surface area (Å²) in [5, 5.41) is 2.58. The van der Waals surface area contributed by atoms with E-state index in [1.807, 2.05) is 6.92 Å². The minimum Gasteiger partial charge on any atom is -0.466 e. The van der Waals surface area contributed by atoms with E-state index >= 15 is 0 Å². The quantitative estimate of drug-likeness (QED) is 0.609. The molecule has 0 heterocycles. The monoisotopic (exact) mass is 267 g/mol. The number of ether oxygens (including phenoxy) is 1. The second-order valence-corrected chi connectivity index (χ2v) is 4.09. The number of carbonyl (C=O) groups excluding carboxylic acids is 2. The van der Waals surface area contributed by atoms with Gasteiger partial charge in [0.25, 0.3) is 5.91 Å². The van der Waals surface area contributed by atoms with Crippen LogP contribution in [-0.4, -0.2) is 25.0 Å². The molecule has 0 aliphatic heterocycles. The summed E-state index contributed by atoms with van der Waals surface area (Å²) >= 11 is 0. The SMILES string of the molecule is CCCCOC(=O)CCNC(=O)c1ccc(F)cc1. The lowest BCUT2D eigenvalue weighted by Crippen LogP contribution is -2.26. The van der Waals surface area contributed by atoms with Crippen LogP contribution in [0.25, 0.3) is 0 Å². The van der Waals surface area contributed by atoms with Gasteiger partial charge in [-0.25, -0.2) is 4.39 Å². The van der Waals surface area contributed by atoms with Gasteiger partial charge in [0.05, 0.1) is 13.0 Å². The standard InChI is InChI=1S/C14H18FNO3/c1-2-3-10-19-13(17)8-9-16-14(18)11-4-6-12(15)7-5-11/h4-7H,2-3,8-10H2,1H3,(H,16,18). The summed E-state index contributed by atoms with van der Waals surface area (Å²) in [5.41, 5.74) is 0.362. The predicted molar refractivity (Wildman–Crippen MR) is 69.2 cm³/mol. The van der Waals surface area contributed by atoms with Crippen LogP contribution >= 0.6 is 0 Å². The van der Waals surface area contributed by atoms with E-state index in [1.54, 1.807) is 0 Å². The van der Waals surface area contributed by atoms with Crippen molar-refractivity contribution in [3.8, 4) is 0 Å². The number of hydrogen-bond acceptors (Lipinski definition) is 3. The van der Waals surface area contributed by atoms with Gasteiger partial charge < -0.3 is 10.1 Å². The Hall–Kier alpha value is -1.91. The highest BCUT2D eigenvalue weighted by atomic mass is 19.1. The van der Waals surface area contributed by atoms with Gasteiger partial charge in [0.15, 0.2) is 0 Å². The molecule has 0 bridgehead atoms. The lowest BCUT2D eigenvalue weighted by Gasteiger charge is -2.06. The van der Waals surface area contributed by atoms with Crippen LogP contribution in [0.3, 0.4) is 0 Å². The van der Waals surface area contributed by atoms with Crippen molar-refractivity contribution in [3.63, 3.8) is 0 Å². The minimum absolute atomic E-state index is 0.136. The molecule has 1 aromatic carbocycles. The summed E-state index contributed by atoms with van der Waals surface area (Å²) in [6.07, 6.45) is 1.94. The third kappa shape index (κ3) is 5.99. The molecule has 19 heavy (non-hydrogen) atoms. The van der Waals surface area contributed by atoms with Gasteiger partial charge in [0.1, 0.15) is 5.82 Å². The maximum Gasteiger partial charge on any atom is 0.307 e. The number of amides is 1. The molecular formula is C14H18FNO3. The van der Waals surface area contributed by atoms with Crippen LogP contribution in [0.5, 0.6) is 0 Å². The minimum atomic E-state index is -0.393. The van der Waals surface area contributed by atoms with Crippen LogP contribution in [0, 0.1) is 5.82 Å². The maximum atomic E-state index is 12.7. The van der Waals surface area contributed by atoms with Crippen LogP contribution in [0.4, 0.5) is 4.39 Å². The average molecular weight is 267 g/mol. The van der Waals surface area contributed by atoms with Crippen LogP contribution in [0.1, 0.15) is 36.5 Å². The first kappa shape index (κ1) is 15.1. The summed E-state index contributed by atoms with van der Waals surface area (Å²) in [6, 6.07) is 5.22. The van der Waals surface area contributed by atoms with Crippen molar-refractivity contribution in [1.82, 2.24) is 5.32 Å². The first-order chi connectivity index (χ1) is 9.13. The number of benzene rings is 1. The molecule has 0 saturated heterocycles. The van der Waals surface area contributed by atoms with Crippen LogP contribution in [-0.2, 0) is 9.53 Å². The molecule has 0 aromatic heterocycles. The zero-order chi connectivity index (χ0) is 14.1. The van der Waals surface area contributed by atoms with Crippen molar-refractivity contribution in [2.75, 3.05) is 13.2 Å². The van der Waals surface area contributed by atoms with Gasteiger partial charge in [0, 0.05) is 12.1 Å². The molecule has 1 rings (SSSR count). The van der Waals surface area contributed by atoms with Crippen molar-refractivity contribution >= 4 is 11.9 Å². The van der Waals surface area contributed by atoms with Gasteiger partial charge in [-0.15, -0.1) is 0 Å². The van der Waals surface area contributed by atoms with E-state index < -0.39 is 5.82 Å². The normalized spacial score (nSPS) is 10.0. The highest BCUT2D eigenvalue weighted by molar-refractivity contribution is 5.94. The highest BCUT2D eigenvalue weighted by Gasteiger charge is 2.07. The van der Waals surface area contributed by atoms with Gasteiger partial charge in [-0.3, -0.25) is 9.59 Å². The number of unbranched alkanes of at least 4 members (excludes halogenated alkanes) is 1. The first-order valence-electron chi connectivity index (χ1n) is 6.33. The highest BCUT2D eigenvalue weighted by Crippen LogP contribution is 2.02. The molecule has 0 saturated carbocycles. The van der Waals surface area contributed by atoms with Crippen LogP contribution in [0.2, 0.25) is 0 Å². The van der Waals surface area contributed by atoms with E-state index in [4.69, 9.17) is 4.74 Å². The Balaban J connectivity index is 2.23. The Labute approximate surface area is 112 Å². The zero-order valence-electron chi connectivity index (χ0n) is 10.9. The van der Waals surface area contributed by atoms with E-state index in [0.717, 1.165) is 12.8 Å². The maximum absolute atomic E-state index is 12.7. The van der Waals surface area contributed by atoms with Gasteiger partial charge in [-0.1, -0.05) is 13.3 Å². The summed E-state index contributed by atoms with van der Waals surface area (Å²) in [5.74, 6) is -1.05. The van der Waals surface area contributed by atoms with E-state index in [2.05, 4.69) is 5.32 Å². The molecule has 1 aromatic rings. The fourth-order valence-electron chi connectivity index (χ4n) is 1.38. The molecule has 1 N–H and O–H groups in total. The summed E-state index contributed by atoms with van der Waals surface area (Å²) < 4.78 is 17.6. The fourth-order valence-corrected chi connectivity index (χ4v) is 1.38. The molecule has 0 atom stereocenters. The van der Waals surface area contributed by atoms with Gasteiger partial charge in [-0.2, -0.15) is 0 Å². The lowest BCUT2D eigenvalue weighted by molar-refractivity contribution is -0.143. The molecule has 0 fully saturated rings. The molecule has 0 aliphatic carbocycles.